The van der Waals surface area contributed by atoms with Crippen molar-refractivity contribution in [2.75, 3.05) is 19.6 Å². The second kappa shape index (κ2) is 5.02. The molecule has 0 saturated carbocycles. The van der Waals surface area contributed by atoms with Crippen LogP contribution in [0.3, 0.4) is 0 Å². The predicted octanol–water partition coefficient (Wildman–Crippen LogP) is 0.678. The van der Waals surface area contributed by atoms with Crippen LogP contribution in [0.4, 0.5) is 0 Å². The quantitative estimate of drug-likeness (QED) is 0.630. The third-order valence-corrected chi connectivity index (χ3v) is 2.27. The van der Waals surface area contributed by atoms with Gasteiger partial charge in [-0.25, -0.2) is 0 Å². The third-order valence-electron chi connectivity index (χ3n) is 2.27. The molecule has 3 nitrogen and oxygen atoms in total. The van der Waals surface area contributed by atoms with Gasteiger partial charge in [-0.1, -0.05) is 12.2 Å². The first-order valence-electron chi connectivity index (χ1n) is 4.83. The summed E-state index contributed by atoms with van der Waals surface area (Å²) in [5.74, 6) is 0.394. The molecule has 74 valence electrons. The van der Waals surface area contributed by atoms with Gasteiger partial charge in [0.2, 0.25) is 5.91 Å². The second-order valence-electron chi connectivity index (χ2n) is 3.70. The summed E-state index contributed by atoms with van der Waals surface area (Å²) in [6.07, 6.45) is 1.92. The Kier molecular flexibility index (Phi) is 3.96. The van der Waals surface area contributed by atoms with Gasteiger partial charge in [-0.3, -0.25) is 4.79 Å². The van der Waals surface area contributed by atoms with Crippen molar-refractivity contribution in [2.24, 2.45) is 5.92 Å². The number of rotatable bonds is 3. The van der Waals surface area contributed by atoms with Crippen molar-refractivity contribution >= 4 is 5.91 Å². The number of carbonyl (C=O) groups excluding carboxylic acids is 1. The van der Waals surface area contributed by atoms with Crippen LogP contribution in [0.2, 0.25) is 0 Å². The smallest absolute Gasteiger partial charge is 0.223 e. The van der Waals surface area contributed by atoms with Crippen LogP contribution in [0.1, 0.15) is 19.8 Å². The van der Waals surface area contributed by atoms with Crippen molar-refractivity contribution in [1.82, 2.24) is 10.6 Å². The van der Waals surface area contributed by atoms with E-state index < -0.39 is 0 Å². The molecule has 1 saturated heterocycles. The van der Waals surface area contributed by atoms with Crippen LogP contribution in [0.25, 0.3) is 0 Å². The van der Waals surface area contributed by atoms with E-state index in [0.717, 1.165) is 31.5 Å². The topological polar surface area (TPSA) is 41.1 Å². The van der Waals surface area contributed by atoms with E-state index >= 15 is 0 Å². The van der Waals surface area contributed by atoms with Gasteiger partial charge in [0.15, 0.2) is 0 Å². The summed E-state index contributed by atoms with van der Waals surface area (Å²) in [7, 11) is 0. The van der Waals surface area contributed by atoms with Crippen LogP contribution in [-0.4, -0.2) is 25.5 Å². The maximum Gasteiger partial charge on any atom is 0.223 e. The van der Waals surface area contributed by atoms with Crippen LogP contribution < -0.4 is 10.6 Å². The summed E-state index contributed by atoms with van der Waals surface area (Å²) in [6.45, 7) is 8.21. The minimum atomic E-state index is 0.185. The van der Waals surface area contributed by atoms with E-state index in [2.05, 4.69) is 17.2 Å². The van der Waals surface area contributed by atoms with Gasteiger partial charge in [-0.15, -0.1) is 0 Å². The van der Waals surface area contributed by atoms with Gasteiger partial charge in [0.05, 0.1) is 0 Å². The number of carbonyl (C=O) groups is 1. The average Bonchev–Trinajstić information content (AvgIpc) is 2.15. The van der Waals surface area contributed by atoms with Crippen LogP contribution in [-0.2, 0) is 4.79 Å². The SMILES string of the molecule is C=C(C)CNC(=O)C1CCNCC1. The molecule has 0 atom stereocenters. The minimum absolute atomic E-state index is 0.185. The summed E-state index contributed by atoms with van der Waals surface area (Å²) >= 11 is 0. The average molecular weight is 182 g/mol. The predicted molar refractivity (Wildman–Crippen MR) is 53.4 cm³/mol. The first-order valence-corrected chi connectivity index (χ1v) is 4.83. The van der Waals surface area contributed by atoms with Gasteiger partial charge in [0.25, 0.3) is 0 Å². The van der Waals surface area contributed by atoms with E-state index in [9.17, 15) is 4.79 Å². The molecule has 0 aromatic heterocycles. The van der Waals surface area contributed by atoms with E-state index in [-0.39, 0.29) is 11.8 Å². The lowest BCUT2D eigenvalue weighted by Gasteiger charge is -2.21. The molecule has 3 heteroatoms. The van der Waals surface area contributed by atoms with Gasteiger partial charge in [0.1, 0.15) is 0 Å². The minimum Gasteiger partial charge on any atom is -0.352 e. The Bertz CT molecular complexity index is 195. The Morgan fingerprint density at radius 1 is 1.54 bits per heavy atom. The van der Waals surface area contributed by atoms with Crippen molar-refractivity contribution in [3.05, 3.63) is 12.2 Å². The summed E-state index contributed by atoms with van der Waals surface area (Å²) in [6, 6.07) is 0. The maximum absolute atomic E-state index is 11.5. The molecule has 0 unspecified atom stereocenters. The molecule has 2 N–H and O–H groups in total. The van der Waals surface area contributed by atoms with Crippen molar-refractivity contribution in [1.29, 1.82) is 0 Å². The summed E-state index contributed by atoms with van der Waals surface area (Å²) in [5.41, 5.74) is 1.00. The first-order chi connectivity index (χ1) is 6.20. The van der Waals surface area contributed by atoms with Crippen molar-refractivity contribution < 1.29 is 4.79 Å². The highest BCUT2D eigenvalue weighted by atomic mass is 16.1. The lowest BCUT2D eigenvalue weighted by molar-refractivity contribution is -0.125. The van der Waals surface area contributed by atoms with Gasteiger partial charge in [0, 0.05) is 12.5 Å². The standard InChI is InChI=1S/C10H18N2O/c1-8(2)7-12-10(13)9-3-5-11-6-4-9/h9,11H,1,3-7H2,2H3,(H,12,13). The maximum atomic E-state index is 11.5. The van der Waals surface area contributed by atoms with Gasteiger partial charge < -0.3 is 10.6 Å². The Morgan fingerprint density at radius 2 is 2.15 bits per heavy atom. The molecule has 1 aliphatic rings. The number of hydrogen-bond acceptors (Lipinski definition) is 2. The second-order valence-corrected chi connectivity index (χ2v) is 3.70. The fraction of sp³-hybridized carbons (Fsp3) is 0.700. The number of amides is 1. The molecule has 1 fully saturated rings. The lowest BCUT2D eigenvalue weighted by Crippen LogP contribution is -2.38. The van der Waals surface area contributed by atoms with Crippen LogP contribution in [0.5, 0.6) is 0 Å². The molecule has 13 heavy (non-hydrogen) atoms. The molecule has 1 rings (SSSR count). The van der Waals surface area contributed by atoms with Gasteiger partial charge in [-0.2, -0.15) is 0 Å². The molecule has 1 amide bonds. The molecule has 1 heterocycles. The van der Waals surface area contributed by atoms with Crippen molar-refractivity contribution in [3.8, 4) is 0 Å². The highest BCUT2D eigenvalue weighted by Crippen LogP contribution is 2.11. The van der Waals surface area contributed by atoms with Gasteiger partial charge >= 0.3 is 0 Å². The Balaban J connectivity index is 2.25. The Hall–Kier alpha value is -0.830. The van der Waals surface area contributed by atoms with Crippen LogP contribution >= 0.6 is 0 Å². The van der Waals surface area contributed by atoms with E-state index in [1.165, 1.54) is 0 Å². The monoisotopic (exact) mass is 182 g/mol. The summed E-state index contributed by atoms with van der Waals surface area (Å²) in [5, 5.41) is 6.12. The third kappa shape index (κ3) is 3.59. The number of nitrogens with one attached hydrogen (secondary N) is 2. The molecule has 0 aromatic carbocycles. The Morgan fingerprint density at radius 3 is 2.69 bits per heavy atom. The van der Waals surface area contributed by atoms with Crippen LogP contribution in [0.15, 0.2) is 12.2 Å². The molecular weight excluding hydrogens is 164 g/mol. The van der Waals surface area contributed by atoms with Crippen LogP contribution in [0, 0.1) is 5.92 Å². The fourth-order valence-corrected chi connectivity index (χ4v) is 1.47. The molecule has 0 aliphatic carbocycles. The number of hydrogen-bond donors (Lipinski definition) is 2. The normalized spacial score (nSPS) is 18.2. The zero-order valence-corrected chi connectivity index (χ0v) is 8.23. The van der Waals surface area contributed by atoms with E-state index in [0.29, 0.717) is 6.54 Å². The molecule has 0 radical (unpaired) electrons. The first kappa shape index (κ1) is 10.3. The highest BCUT2D eigenvalue weighted by Gasteiger charge is 2.19. The van der Waals surface area contributed by atoms with E-state index in [4.69, 9.17) is 0 Å². The molecule has 0 spiro atoms. The number of piperidine rings is 1. The summed E-state index contributed by atoms with van der Waals surface area (Å²) in [4.78, 5) is 11.5. The molecule has 0 aromatic rings. The molecule has 1 aliphatic heterocycles. The zero-order chi connectivity index (χ0) is 9.68. The highest BCUT2D eigenvalue weighted by molar-refractivity contribution is 5.78. The van der Waals surface area contributed by atoms with E-state index in [1.807, 2.05) is 6.92 Å². The van der Waals surface area contributed by atoms with Crippen molar-refractivity contribution in [3.63, 3.8) is 0 Å². The molecular formula is C10H18N2O. The largest absolute Gasteiger partial charge is 0.352 e. The fourth-order valence-electron chi connectivity index (χ4n) is 1.47. The Labute approximate surface area is 79.6 Å². The van der Waals surface area contributed by atoms with E-state index in [1.54, 1.807) is 0 Å². The lowest BCUT2D eigenvalue weighted by atomic mass is 9.97. The van der Waals surface area contributed by atoms with Gasteiger partial charge in [-0.05, 0) is 32.9 Å². The molecule has 0 bridgehead atoms. The zero-order valence-electron chi connectivity index (χ0n) is 8.23. The summed E-state index contributed by atoms with van der Waals surface area (Å²) < 4.78 is 0. The van der Waals surface area contributed by atoms with Crippen molar-refractivity contribution in [2.45, 2.75) is 19.8 Å².